The summed E-state index contributed by atoms with van der Waals surface area (Å²) in [7, 11) is -16.3. The summed E-state index contributed by atoms with van der Waals surface area (Å²) in [6.07, 6.45) is 2.34. The molecule has 0 unspecified atom stereocenters. The Kier molecular flexibility index (Phi) is 20.7. The van der Waals surface area contributed by atoms with Crippen molar-refractivity contribution in [3.8, 4) is 6.07 Å². The van der Waals surface area contributed by atoms with Gasteiger partial charge >= 0.3 is 48.3 Å². The molecule has 2 N–H and O–H groups in total. The molecule has 1 fully saturated rings. The number of carbonyl (C=O) groups is 1. The summed E-state index contributed by atoms with van der Waals surface area (Å²) in [4.78, 5) is 15.5. The predicted molar refractivity (Wildman–Crippen MR) is 164 cm³/mol. The maximum absolute atomic E-state index is 11.1. The minimum Gasteiger partial charge on any atom is -0.741 e. The second-order valence-corrected chi connectivity index (χ2v) is 15.1. The number of aromatic carboxylic acids is 1. The van der Waals surface area contributed by atoms with Crippen LogP contribution in [0.1, 0.15) is 39.9 Å². The third-order valence-electron chi connectivity index (χ3n) is 6.82. The number of rotatable bonds is 7. The number of aliphatic hydroxyl groups is 1. The number of piperidine rings is 1. The molecule has 308 valence electrons. The van der Waals surface area contributed by atoms with Gasteiger partial charge in [-0.25, -0.2) is 30.0 Å². The maximum Gasteiger partial charge on any atom is 3.00 e. The molecule has 0 atom stereocenters. The Bertz CT molecular complexity index is 1830. The van der Waals surface area contributed by atoms with Gasteiger partial charge in [0.05, 0.1) is 22.8 Å². The van der Waals surface area contributed by atoms with Gasteiger partial charge in [0.25, 0.3) is 0 Å². The summed E-state index contributed by atoms with van der Waals surface area (Å²) >= 11 is 0. The third-order valence-corrected chi connectivity index (χ3v) is 8.52. The molecule has 15 nitrogen and oxygen atoms in total. The smallest absolute Gasteiger partial charge is 0.741 e. The van der Waals surface area contributed by atoms with Crippen LogP contribution in [0.15, 0.2) is 42.5 Å². The molecule has 0 saturated carbocycles. The van der Waals surface area contributed by atoms with E-state index in [1.807, 2.05) is 49.2 Å². The zero-order valence-electron chi connectivity index (χ0n) is 28.0. The number of hydrogen-bond donors (Lipinski definition) is 2. The van der Waals surface area contributed by atoms with Crippen LogP contribution in [-0.2, 0) is 62.6 Å². The zero-order valence-corrected chi connectivity index (χ0v) is 32.3. The fourth-order valence-electron chi connectivity index (χ4n) is 4.13. The van der Waals surface area contributed by atoms with Crippen molar-refractivity contribution in [2.45, 2.75) is 48.3 Å². The van der Waals surface area contributed by atoms with Crippen LogP contribution in [0.4, 0.5) is 45.2 Å². The number of alkyl halides is 9. The molecular formula is C27H29F9N3O12S3Sc. The SMILES string of the molecule is Cc1cc(C(=O)O)ccc1N(C)CC1(O)CCN(CCc2ccc(C#N)cc2)CC1.O=S(=O)([O-])C(F)(F)F.O=S(=O)([O-])C(F)(F)F.O=S(=O)([O-])C(F)(F)F.[Sc+3]. The van der Waals surface area contributed by atoms with E-state index in [0.717, 1.165) is 37.3 Å². The third kappa shape index (κ3) is 19.7. The number of anilines is 1. The van der Waals surface area contributed by atoms with Crippen LogP contribution in [-0.4, -0.2) is 115 Å². The first-order valence-electron chi connectivity index (χ1n) is 14.1. The van der Waals surface area contributed by atoms with E-state index in [4.69, 9.17) is 49.3 Å². The summed E-state index contributed by atoms with van der Waals surface area (Å²) < 4.78 is 177. The Labute approximate surface area is 327 Å². The number of carboxylic acid groups (broad SMARTS) is 1. The molecule has 55 heavy (non-hydrogen) atoms. The second-order valence-electron chi connectivity index (χ2n) is 11.0. The molecule has 0 amide bonds. The molecule has 0 bridgehead atoms. The van der Waals surface area contributed by atoms with Gasteiger partial charge in [-0.2, -0.15) is 44.8 Å². The number of nitriles is 1. The first-order chi connectivity index (χ1) is 24.0. The van der Waals surface area contributed by atoms with E-state index in [9.17, 15) is 49.4 Å². The maximum atomic E-state index is 11.1. The van der Waals surface area contributed by atoms with Crippen molar-refractivity contribution < 1.29 is 119 Å². The Morgan fingerprint density at radius 3 is 1.53 bits per heavy atom. The molecule has 28 heteroatoms. The van der Waals surface area contributed by atoms with Gasteiger partial charge in [0.2, 0.25) is 0 Å². The van der Waals surface area contributed by atoms with Gasteiger partial charge in [0, 0.05) is 38.9 Å². The minimum atomic E-state index is -6.09. The van der Waals surface area contributed by atoms with Crippen LogP contribution < -0.4 is 4.90 Å². The van der Waals surface area contributed by atoms with E-state index in [0.29, 0.717) is 24.9 Å². The van der Waals surface area contributed by atoms with E-state index in [1.54, 1.807) is 12.1 Å². The van der Waals surface area contributed by atoms with Crippen molar-refractivity contribution in [3.05, 3.63) is 64.7 Å². The quantitative estimate of drug-likeness (QED) is 0.230. The van der Waals surface area contributed by atoms with Gasteiger partial charge < -0.3 is 33.7 Å². The molecule has 3 rings (SSSR count). The topological polar surface area (TPSA) is 259 Å². The molecule has 0 aliphatic carbocycles. The molecule has 1 saturated heterocycles. The van der Waals surface area contributed by atoms with Crippen molar-refractivity contribution >= 4 is 42.0 Å². The monoisotopic (exact) mass is 899 g/mol. The van der Waals surface area contributed by atoms with Gasteiger partial charge in [-0.3, -0.25) is 0 Å². The van der Waals surface area contributed by atoms with Crippen LogP contribution in [0.3, 0.4) is 0 Å². The number of carboxylic acids is 1. The molecule has 1 aliphatic heterocycles. The molecule has 0 spiro atoms. The van der Waals surface area contributed by atoms with E-state index in [1.165, 1.54) is 5.56 Å². The Morgan fingerprint density at radius 2 is 1.22 bits per heavy atom. The molecule has 2 aromatic carbocycles. The van der Waals surface area contributed by atoms with Crippen molar-refractivity contribution in [3.63, 3.8) is 0 Å². The van der Waals surface area contributed by atoms with E-state index in [-0.39, 0.29) is 31.4 Å². The van der Waals surface area contributed by atoms with Crippen molar-refractivity contribution in [1.29, 1.82) is 5.26 Å². The number of benzene rings is 2. The van der Waals surface area contributed by atoms with E-state index in [2.05, 4.69) is 11.0 Å². The van der Waals surface area contributed by atoms with Gasteiger partial charge in [0.1, 0.15) is 0 Å². The van der Waals surface area contributed by atoms with Crippen LogP contribution in [0.5, 0.6) is 0 Å². The van der Waals surface area contributed by atoms with Crippen molar-refractivity contribution in [2.24, 2.45) is 0 Å². The summed E-state index contributed by atoms with van der Waals surface area (Å²) in [5, 5.41) is 29.1. The van der Waals surface area contributed by atoms with Crippen LogP contribution in [0, 0.1) is 18.3 Å². The Morgan fingerprint density at radius 1 is 0.836 bits per heavy atom. The summed E-state index contributed by atoms with van der Waals surface area (Å²) in [6, 6.07) is 14.9. The number of halogens is 9. The average Bonchev–Trinajstić information content (AvgIpc) is 2.99. The molecule has 0 aromatic heterocycles. The van der Waals surface area contributed by atoms with Gasteiger partial charge in [-0.05, 0) is 67.6 Å². The zero-order chi connectivity index (χ0) is 42.7. The van der Waals surface area contributed by atoms with E-state index < -0.39 is 58.4 Å². The normalized spacial score (nSPS) is 14.9. The van der Waals surface area contributed by atoms with Crippen LogP contribution in [0.2, 0.25) is 0 Å². The number of likely N-dealkylation sites (N-methyl/N-ethyl adjacent to an activating group) is 1. The minimum absolute atomic E-state index is 0. The largest absolute Gasteiger partial charge is 3.00 e. The van der Waals surface area contributed by atoms with E-state index >= 15 is 0 Å². The van der Waals surface area contributed by atoms with Crippen LogP contribution in [0.25, 0.3) is 0 Å². The predicted octanol–water partition coefficient (Wildman–Crippen LogP) is 3.22. The first-order valence-corrected chi connectivity index (χ1v) is 18.3. The summed E-state index contributed by atoms with van der Waals surface area (Å²) in [5.74, 6) is -0.931. The number of nitrogens with zero attached hydrogens (tertiary/aromatic N) is 3. The van der Waals surface area contributed by atoms with Gasteiger partial charge in [-0.1, -0.05) is 12.1 Å². The molecule has 1 aliphatic rings. The number of aryl methyl sites for hydroxylation is 1. The van der Waals surface area contributed by atoms with Gasteiger partial charge in [-0.15, -0.1) is 0 Å². The Balaban J connectivity index is 0. The Hall–Kier alpha value is -2.91. The number of likely N-dealkylation sites (tertiary alicyclic amines) is 1. The summed E-state index contributed by atoms with van der Waals surface area (Å²) in [6.45, 7) is 5.04. The second kappa shape index (κ2) is 21.0. The van der Waals surface area contributed by atoms with Gasteiger partial charge in [0.15, 0.2) is 30.4 Å². The fourth-order valence-corrected chi connectivity index (χ4v) is 4.13. The molecule has 0 radical (unpaired) electrons. The molecule has 2 aromatic rings. The number of hydrogen-bond acceptors (Lipinski definition) is 14. The fraction of sp³-hybridized carbons (Fsp3) is 0.481. The summed E-state index contributed by atoms with van der Waals surface area (Å²) in [5.41, 5.74) is -13.7. The average molecular weight is 900 g/mol. The first kappa shape index (κ1) is 54.2. The molecule has 1 heterocycles. The van der Waals surface area contributed by atoms with Crippen LogP contribution >= 0.6 is 0 Å². The standard InChI is InChI=1S/C24H29N3O3.3CHF3O3S.Sc/c1-18-15-21(23(28)29)7-8-22(18)26(2)17-24(30)10-13-27(14-11-24)12-9-19-3-5-20(16-25)6-4-19;3*2-1(3,4)8(5,6)7;/h3-8,15,30H,9-14,17H2,1-2H3,(H,28,29);3*(H,5,6,7);/q;;;;+3/p-3. The van der Waals surface area contributed by atoms with Crippen molar-refractivity contribution in [1.82, 2.24) is 4.90 Å². The van der Waals surface area contributed by atoms with Crippen molar-refractivity contribution in [2.75, 3.05) is 38.1 Å². The molecular weight excluding hydrogens is 870 g/mol.